The maximum absolute atomic E-state index is 11.0. The quantitative estimate of drug-likeness (QED) is 0.363. The van der Waals surface area contributed by atoms with Gasteiger partial charge in [-0.25, -0.2) is 4.79 Å². The Morgan fingerprint density at radius 3 is 2.44 bits per heavy atom. The number of carbonyl (C=O) groups excluding carboxylic acids is 1. The molecule has 0 rings (SSSR count). The van der Waals surface area contributed by atoms with Crippen LogP contribution in [0.1, 0.15) is 19.3 Å². The minimum absolute atomic E-state index is 0.261. The minimum Gasteiger partial charge on any atom is -0.480 e. The number of nitrogens with one attached hydrogen (secondary N) is 2. The first-order chi connectivity index (χ1) is 7.57. The Labute approximate surface area is 99.5 Å². The van der Waals surface area contributed by atoms with E-state index < -0.39 is 12.0 Å². The van der Waals surface area contributed by atoms with Crippen molar-refractivity contribution in [3.05, 3.63) is 0 Å². The molecule has 7 heteroatoms. The number of alkyl halides is 1. The Morgan fingerprint density at radius 1 is 1.25 bits per heavy atom. The second-order valence-electron chi connectivity index (χ2n) is 3.31. The van der Waals surface area contributed by atoms with Crippen molar-refractivity contribution in [3.63, 3.8) is 0 Å². The van der Waals surface area contributed by atoms with Gasteiger partial charge in [0, 0.05) is 19.0 Å². The van der Waals surface area contributed by atoms with Crippen molar-refractivity contribution in [2.75, 3.05) is 19.0 Å². The Bertz CT molecular complexity index is 226. The predicted molar refractivity (Wildman–Crippen MR) is 61.6 cm³/mol. The van der Waals surface area contributed by atoms with Crippen LogP contribution >= 0.6 is 11.6 Å². The molecular formula is C9H18ClN3O3. The molecule has 0 fully saturated rings. The average Bonchev–Trinajstić information content (AvgIpc) is 2.25. The molecule has 0 aromatic carbocycles. The van der Waals surface area contributed by atoms with Crippen LogP contribution in [0.5, 0.6) is 0 Å². The summed E-state index contributed by atoms with van der Waals surface area (Å²) < 4.78 is 0. The minimum atomic E-state index is -0.993. The van der Waals surface area contributed by atoms with Gasteiger partial charge in [-0.15, -0.1) is 11.6 Å². The number of hydrogen-bond acceptors (Lipinski definition) is 3. The molecule has 0 saturated heterocycles. The highest BCUT2D eigenvalue weighted by molar-refractivity contribution is 6.18. The number of halogens is 1. The molecule has 0 radical (unpaired) electrons. The molecule has 0 saturated carbocycles. The molecule has 6 nitrogen and oxygen atoms in total. The van der Waals surface area contributed by atoms with E-state index in [1.165, 1.54) is 0 Å². The van der Waals surface area contributed by atoms with Crippen LogP contribution in [0, 0.1) is 0 Å². The summed E-state index contributed by atoms with van der Waals surface area (Å²) in [6, 6.07) is -1.08. The van der Waals surface area contributed by atoms with Gasteiger partial charge in [-0.05, 0) is 19.3 Å². The monoisotopic (exact) mass is 251 g/mol. The van der Waals surface area contributed by atoms with Crippen LogP contribution in [-0.2, 0) is 4.79 Å². The van der Waals surface area contributed by atoms with Gasteiger partial charge in [0.1, 0.15) is 6.04 Å². The molecule has 0 aliphatic rings. The van der Waals surface area contributed by atoms with Crippen LogP contribution in [0.4, 0.5) is 4.79 Å². The summed E-state index contributed by atoms with van der Waals surface area (Å²) in [5, 5.41) is 13.7. The molecule has 0 aromatic heterocycles. The summed E-state index contributed by atoms with van der Waals surface area (Å²) in [6.07, 6.45) is 1.79. The van der Waals surface area contributed by atoms with Crippen molar-refractivity contribution >= 4 is 23.6 Å². The topological polar surface area (TPSA) is 104 Å². The predicted octanol–water partition coefficient (Wildman–Crippen LogP) is 0.107. The zero-order chi connectivity index (χ0) is 12.4. The van der Waals surface area contributed by atoms with E-state index in [9.17, 15) is 9.59 Å². The van der Waals surface area contributed by atoms with Crippen molar-refractivity contribution in [2.24, 2.45) is 5.73 Å². The van der Waals surface area contributed by atoms with Gasteiger partial charge in [-0.3, -0.25) is 4.79 Å². The second kappa shape index (κ2) is 9.23. The molecule has 2 amide bonds. The lowest BCUT2D eigenvalue weighted by atomic mass is 10.1. The zero-order valence-corrected chi connectivity index (χ0v) is 9.79. The van der Waals surface area contributed by atoms with E-state index in [2.05, 4.69) is 10.6 Å². The number of carboxylic acids is 1. The van der Waals surface area contributed by atoms with Crippen molar-refractivity contribution < 1.29 is 14.7 Å². The standard InChI is InChI=1S/C9H18ClN3O3/c10-4-6-13-9(16)12-5-2-1-3-7(11)8(14)15/h7H,1-6,11H2,(H,14,15)(H2,12,13,16)/t7-/m0/s1. The Hall–Kier alpha value is -1.01. The van der Waals surface area contributed by atoms with E-state index in [0.29, 0.717) is 38.2 Å². The van der Waals surface area contributed by atoms with E-state index in [-0.39, 0.29) is 6.03 Å². The highest BCUT2D eigenvalue weighted by Gasteiger charge is 2.09. The summed E-state index contributed by atoms with van der Waals surface area (Å²) in [5.41, 5.74) is 5.31. The normalized spacial score (nSPS) is 11.9. The van der Waals surface area contributed by atoms with E-state index in [1.807, 2.05) is 0 Å². The number of carboxylic acid groups (broad SMARTS) is 1. The fourth-order valence-corrected chi connectivity index (χ4v) is 1.13. The first-order valence-corrected chi connectivity index (χ1v) is 5.67. The van der Waals surface area contributed by atoms with Gasteiger partial charge in [0.25, 0.3) is 0 Å². The van der Waals surface area contributed by atoms with Crippen LogP contribution in [0.2, 0.25) is 0 Å². The third-order valence-corrected chi connectivity index (χ3v) is 2.11. The summed E-state index contributed by atoms with van der Waals surface area (Å²) in [6.45, 7) is 0.928. The number of hydrogen-bond donors (Lipinski definition) is 4. The fourth-order valence-electron chi connectivity index (χ4n) is 1.04. The van der Waals surface area contributed by atoms with Crippen LogP contribution in [0.3, 0.4) is 0 Å². The van der Waals surface area contributed by atoms with E-state index in [1.54, 1.807) is 0 Å². The average molecular weight is 252 g/mol. The fraction of sp³-hybridized carbons (Fsp3) is 0.778. The molecule has 5 N–H and O–H groups in total. The highest BCUT2D eigenvalue weighted by Crippen LogP contribution is 1.97. The summed E-state index contributed by atoms with van der Waals surface area (Å²) in [5.74, 6) is -0.617. The number of carbonyl (C=O) groups is 2. The van der Waals surface area contributed by atoms with Crippen molar-refractivity contribution in [1.82, 2.24) is 10.6 Å². The third-order valence-electron chi connectivity index (χ3n) is 1.92. The molecule has 0 heterocycles. The summed E-state index contributed by atoms with van der Waals surface area (Å²) in [7, 11) is 0. The van der Waals surface area contributed by atoms with Crippen LogP contribution in [-0.4, -0.2) is 42.1 Å². The molecule has 0 aliphatic carbocycles. The van der Waals surface area contributed by atoms with E-state index in [0.717, 1.165) is 0 Å². The van der Waals surface area contributed by atoms with Gasteiger partial charge in [0.15, 0.2) is 0 Å². The van der Waals surface area contributed by atoms with Crippen molar-refractivity contribution in [3.8, 4) is 0 Å². The number of amides is 2. The molecule has 1 atom stereocenters. The maximum Gasteiger partial charge on any atom is 0.320 e. The highest BCUT2D eigenvalue weighted by atomic mass is 35.5. The Kier molecular flexibility index (Phi) is 8.65. The van der Waals surface area contributed by atoms with E-state index >= 15 is 0 Å². The Balaban J connectivity index is 3.33. The molecule has 94 valence electrons. The SMILES string of the molecule is N[C@@H](CCCCNC(=O)NCCCl)C(=O)O. The van der Waals surface area contributed by atoms with Crippen LogP contribution in [0.25, 0.3) is 0 Å². The zero-order valence-electron chi connectivity index (χ0n) is 9.04. The van der Waals surface area contributed by atoms with Crippen molar-refractivity contribution in [1.29, 1.82) is 0 Å². The molecule has 0 unspecified atom stereocenters. The second-order valence-corrected chi connectivity index (χ2v) is 3.69. The number of urea groups is 1. The third kappa shape index (κ3) is 8.31. The molecule has 16 heavy (non-hydrogen) atoms. The number of aliphatic carboxylic acids is 1. The Morgan fingerprint density at radius 2 is 1.88 bits per heavy atom. The van der Waals surface area contributed by atoms with Crippen molar-refractivity contribution in [2.45, 2.75) is 25.3 Å². The lowest BCUT2D eigenvalue weighted by Gasteiger charge is -2.07. The van der Waals surface area contributed by atoms with Crippen LogP contribution in [0.15, 0.2) is 0 Å². The lowest BCUT2D eigenvalue weighted by Crippen LogP contribution is -2.37. The van der Waals surface area contributed by atoms with Gasteiger partial charge in [0.05, 0.1) is 0 Å². The lowest BCUT2D eigenvalue weighted by molar-refractivity contribution is -0.138. The number of rotatable bonds is 8. The first kappa shape index (κ1) is 15.0. The molecule has 0 spiro atoms. The maximum atomic E-state index is 11.0. The first-order valence-electron chi connectivity index (χ1n) is 5.14. The molecule has 0 bridgehead atoms. The van der Waals surface area contributed by atoms with Gasteiger partial charge >= 0.3 is 12.0 Å². The summed E-state index contributed by atoms with van der Waals surface area (Å²) in [4.78, 5) is 21.4. The van der Waals surface area contributed by atoms with E-state index in [4.69, 9.17) is 22.4 Å². The van der Waals surface area contributed by atoms with Gasteiger partial charge in [-0.2, -0.15) is 0 Å². The molecular weight excluding hydrogens is 234 g/mol. The van der Waals surface area contributed by atoms with Crippen LogP contribution < -0.4 is 16.4 Å². The summed E-state index contributed by atoms with van der Waals surface area (Å²) >= 11 is 5.38. The largest absolute Gasteiger partial charge is 0.480 e. The molecule has 0 aliphatic heterocycles. The van der Waals surface area contributed by atoms with Gasteiger partial charge in [-0.1, -0.05) is 0 Å². The number of nitrogens with two attached hydrogens (primary N) is 1. The van der Waals surface area contributed by atoms with Gasteiger partial charge < -0.3 is 21.5 Å². The van der Waals surface area contributed by atoms with Gasteiger partial charge in [0.2, 0.25) is 0 Å². The number of unbranched alkanes of at least 4 members (excludes halogenated alkanes) is 1. The molecule has 0 aromatic rings. The smallest absolute Gasteiger partial charge is 0.320 e.